The summed E-state index contributed by atoms with van der Waals surface area (Å²) in [6.45, 7) is 0.702. The summed E-state index contributed by atoms with van der Waals surface area (Å²) in [7, 11) is 0. The third-order valence-corrected chi connectivity index (χ3v) is 2.77. The molecule has 88 valence electrons. The van der Waals surface area contributed by atoms with E-state index >= 15 is 0 Å². The topological polar surface area (TPSA) is 65.1 Å². The Labute approximate surface area is 101 Å². The van der Waals surface area contributed by atoms with Crippen molar-refractivity contribution in [3.8, 4) is 0 Å². The van der Waals surface area contributed by atoms with E-state index in [0.717, 1.165) is 24.6 Å². The highest BCUT2D eigenvalue weighted by atomic mass is 79.9. The van der Waals surface area contributed by atoms with Crippen LogP contribution in [0.15, 0.2) is 23.3 Å². The van der Waals surface area contributed by atoms with Gasteiger partial charge in [-0.05, 0) is 12.8 Å². The summed E-state index contributed by atoms with van der Waals surface area (Å²) in [4.78, 5) is 21.0. The zero-order valence-electron chi connectivity index (χ0n) is 8.76. The number of nitro groups is 1. The van der Waals surface area contributed by atoms with Gasteiger partial charge in [0.2, 0.25) is 0 Å². The normalized spacial score (nSPS) is 10.3. The number of hydrogen-bond donors (Lipinski definition) is 0. The van der Waals surface area contributed by atoms with Gasteiger partial charge in [-0.2, -0.15) is 0 Å². The number of aromatic nitrogens is 1. The lowest BCUT2D eigenvalue weighted by Crippen LogP contribution is -2.11. The summed E-state index contributed by atoms with van der Waals surface area (Å²) in [6.07, 6.45) is 5.99. The first-order valence-corrected chi connectivity index (χ1v) is 6.17. The quantitative estimate of drug-likeness (QED) is 0.349. The number of hydrogen-bond acceptors (Lipinski definition) is 3. The summed E-state index contributed by atoms with van der Waals surface area (Å²) in [6, 6.07) is 1.24. The van der Waals surface area contributed by atoms with Crippen molar-refractivity contribution in [2.24, 2.45) is 0 Å². The lowest BCUT2D eigenvalue weighted by molar-refractivity contribution is -0.386. The minimum atomic E-state index is -0.642. The Morgan fingerprint density at radius 3 is 2.75 bits per heavy atom. The highest BCUT2D eigenvalue weighted by Crippen LogP contribution is 2.05. The fourth-order valence-electron chi connectivity index (χ4n) is 1.35. The van der Waals surface area contributed by atoms with Crippen molar-refractivity contribution in [2.75, 3.05) is 5.33 Å². The Balaban J connectivity index is 2.64. The van der Waals surface area contributed by atoms with Gasteiger partial charge < -0.3 is 4.57 Å². The van der Waals surface area contributed by atoms with Crippen molar-refractivity contribution >= 4 is 21.6 Å². The molecule has 0 unspecified atom stereocenters. The van der Waals surface area contributed by atoms with Crippen LogP contribution in [0.3, 0.4) is 0 Å². The fourth-order valence-corrected chi connectivity index (χ4v) is 1.75. The highest BCUT2D eigenvalue weighted by Gasteiger charge is 2.10. The van der Waals surface area contributed by atoms with E-state index in [1.807, 2.05) is 0 Å². The minimum absolute atomic E-state index is 0.358. The summed E-state index contributed by atoms with van der Waals surface area (Å²) < 4.78 is 1.69. The summed E-state index contributed by atoms with van der Waals surface area (Å²) in [5, 5.41) is 11.5. The number of alkyl halides is 1. The van der Waals surface area contributed by atoms with Gasteiger partial charge in [0.25, 0.3) is 5.43 Å². The van der Waals surface area contributed by atoms with E-state index in [1.165, 1.54) is 12.3 Å². The lowest BCUT2D eigenvalue weighted by atomic mass is 10.2. The van der Waals surface area contributed by atoms with Gasteiger partial charge in [0.15, 0.2) is 0 Å². The molecule has 1 aromatic rings. The van der Waals surface area contributed by atoms with Crippen LogP contribution in [0.2, 0.25) is 0 Å². The molecular formula is C10H13BrN2O3. The third kappa shape index (κ3) is 3.77. The van der Waals surface area contributed by atoms with Gasteiger partial charge in [-0.1, -0.05) is 22.4 Å². The van der Waals surface area contributed by atoms with Crippen molar-refractivity contribution < 1.29 is 4.92 Å². The molecular weight excluding hydrogens is 276 g/mol. The molecule has 1 aromatic heterocycles. The molecule has 0 aliphatic rings. The van der Waals surface area contributed by atoms with E-state index in [2.05, 4.69) is 15.9 Å². The van der Waals surface area contributed by atoms with Crippen LogP contribution in [0.25, 0.3) is 0 Å². The van der Waals surface area contributed by atoms with E-state index in [0.29, 0.717) is 6.54 Å². The monoisotopic (exact) mass is 288 g/mol. The Morgan fingerprint density at radius 1 is 1.38 bits per heavy atom. The number of halogens is 1. The fraction of sp³-hybridized carbons (Fsp3) is 0.500. The van der Waals surface area contributed by atoms with Gasteiger partial charge in [0.05, 0.1) is 11.1 Å². The SMILES string of the molecule is O=c1ccn(CCCCCBr)cc1[N+](=O)[O-]. The van der Waals surface area contributed by atoms with Crippen LogP contribution in [0.1, 0.15) is 19.3 Å². The molecule has 0 N–H and O–H groups in total. The van der Waals surface area contributed by atoms with Crippen LogP contribution in [0.4, 0.5) is 5.69 Å². The van der Waals surface area contributed by atoms with Gasteiger partial charge in [-0.25, -0.2) is 0 Å². The highest BCUT2D eigenvalue weighted by molar-refractivity contribution is 9.09. The van der Waals surface area contributed by atoms with Crippen molar-refractivity contribution in [1.82, 2.24) is 4.57 Å². The maximum Gasteiger partial charge on any atom is 0.332 e. The number of unbranched alkanes of at least 4 members (excludes halogenated alkanes) is 2. The maximum atomic E-state index is 11.1. The lowest BCUT2D eigenvalue weighted by Gasteiger charge is -2.04. The molecule has 0 aliphatic carbocycles. The molecule has 0 aromatic carbocycles. The molecule has 0 fully saturated rings. The molecule has 0 saturated carbocycles. The van der Waals surface area contributed by atoms with Crippen molar-refractivity contribution in [3.63, 3.8) is 0 Å². The molecule has 6 heteroatoms. The maximum absolute atomic E-state index is 11.1. The van der Waals surface area contributed by atoms with Crippen molar-refractivity contribution in [3.05, 3.63) is 38.8 Å². The van der Waals surface area contributed by atoms with Crippen LogP contribution in [0.5, 0.6) is 0 Å². The van der Waals surface area contributed by atoms with Crippen molar-refractivity contribution in [2.45, 2.75) is 25.8 Å². The Bertz CT molecular complexity index is 417. The van der Waals surface area contributed by atoms with Crippen molar-refractivity contribution in [1.29, 1.82) is 0 Å². The third-order valence-electron chi connectivity index (χ3n) is 2.20. The molecule has 0 atom stereocenters. The molecule has 16 heavy (non-hydrogen) atoms. The first-order chi connectivity index (χ1) is 7.65. The number of nitrogens with zero attached hydrogens (tertiary/aromatic N) is 2. The van der Waals surface area contributed by atoms with Gasteiger partial charge in [-0.3, -0.25) is 14.9 Å². The van der Waals surface area contributed by atoms with E-state index in [1.54, 1.807) is 10.8 Å². The standard InChI is InChI=1S/C10H13BrN2O3/c11-5-2-1-3-6-12-7-4-10(14)9(8-12)13(15)16/h4,7-8H,1-3,5-6H2. The molecule has 1 rings (SSSR count). The van der Waals surface area contributed by atoms with E-state index in [4.69, 9.17) is 0 Å². The van der Waals surface area contributed by atoms with E-state index in [-0.39, 0.29) is 5.69 Å². The van der Waals surface area contributed by atoms with Crippen LogP contribution in [-0.4, -0.2) is 14.8 Å². The number of aryl methyl sites for hydroxylation is 1. The average Bonchev–Trinajstić information content (AvgIpc) is 2.26. The number of rotatable bonds is 6. The smallest absolute Gasteiger partial charge is 0.332 e. The van der Waals surface area contributed by atoms with Gasteiger partial charge in [0.1, 0.15) is 0 Å². The molecule has 0 amide bonds. The van der Waals surface area contributed by atoms with Gasteiger partial charge >= 0.3 is 5.69 Å². The summed E-state index contributed by atoms with van der Waals surface area (Å²) >= 11 is 3.34. The molecule has 0 bridgehead atoms. The van der Waals surface area contributed by atoms with Crippen LogP contribution in [-0.2, 0) is 6.54 Å². The second kappa shape index (κ2) is 6.42. The predicted molar refractivity (Wildman–Crippen MR) is 65.0 cm³/mol. The second-order valence-electron chi connectivity index (χ2n) is 3.44. The zero-order chi connectivity index (χ0) is 12.0. The first kappa shape index (κ1) is 12.9. The number of pyridine rings is 1. The predicted octanol–water partition coefficient (Wildman–Crippen LogP) is 2.32. The Kier molecular flexibility index (Phi) is 5.18. The first-order valence-electron chi connectivity index (χ1n) is 5.05. The summed E-state index contributed by atoms with van der Waals surface area (Å²) in [5.41, 5.74) is -0.898. The van der Waals surface area contributed by atoms with Crippen LogP contribution < -0.4 is 5.43 Å². The van der Waals surface area contributed by atoms with Crippen LogP contribution in [0, 0.1) is 10.1 Å². The molecule has 1 heterocycles. The average molecular weight is 289 g/mol. The van der Waals surface area contributed by atoms with Gasteiger partial charge in [0, 0.05) is 24.1 Å². The Hall–Kier alpha value is -1.17. The molecule has 0 aliphatic heterocycles. The van der Waals surface area contributed by atoms with Gasteiger partial charge in [-0.15, -0.1) is 0 Å². The molecule has 0 spiro atoms. The van der Waals surface area contributed by atoms with E-state index in [9.17, 15) is 14.9 Å². The summed E-state index contributed by atoms with van der Waals surface area (Å²) in [5.74, 6) is 0. The molecule has 5 nitrogen and oxygen atoms in total. The minimum Gasteiger partial charge on any atom is -0.348 e. The van der Waals surface area contributed by atoms with Crippen LogP contribution >= 0.6 is 15.9 Å². The molecule has 0 saturated heterocycles. The van der Waals surface area contributed by atoms with E-state index < -0.39 is 10.4 Å². The largest absolute Gasteiger partial charge is 0.348 e. The zero-order valence-corrected chi connectivity index (χ0v) is 10.4. The second-order valence-corrected chi connectivity index (χ2v) is 4.23. The molecule has 0 radical (unpaired) electrons. The Morgan fingerprint density at radius 2 is 2.12 bits per heavy atom.